The van der Waals surface area contributed by atoms with Crippen LogP contribution in [-0.4, -0.2) is 31.4 Å². The number of aromatic nitrogens is 4. The second-order valence-electron chi connectivity index (χ2n) is 6.83. The molecule has 0 saturated heterocycles. The van der Waals surface area contributed by atoms with Gasteiger partial charge in [-0.3, -0.25) is 9.69 Å². The van der Waals surface area contributed by atoms with E-state index < -0.39 is 0 Å². The quantitative estimate of drug-likeness (QED) is 0.677. The molecular formula is C19H22ClN5O2. The van der Waals surface area contributed by atoms with Crippen LogP contribution in [0.4, 0.5) is 0 Å². The zero-order valence-corrected chi connectivity index (χ0v) is 16.0. The minimum atomic E-state index is -0.115. The lowest BCUT2D eigenvalue weighted by Gasteiger charge is -2.27. The first kappa shape index (κ1) is 18.0. The summed E-state index contributed by atoms with van der Waals surface area (Å²) in [6.07, 6.45) is 5.38. The highest BCUT2D eigenvalue weighted by molar-refractivity contribution is 6.30. The highest BCUT2D eigenvalue weighted by atomic mass is 35.5. The fourth-order valence-electron chi connectivity index (χ4n) is 3.38. The molecule has 0 aromatic carbocycles. The van der Waals surface area contributed by atoms with Crippen LogP contribution in [0.25, 0.3) is 11.6 Å². The van der Waals surface area contributed by atoms with Crippen LogP contribution in [0.3, 0.4) is 0 Å². The molecule has 0 aliphatic carbocycles. The summed E-state index contributed by atoms with van der Waals surface area (Å²) in [5, 5.41) is 0.520. The van der Waals surface area contributed by atoms with Gasteiger partial charge in [-0.1, -0.05) is 24.9 Å². The van der Waals surface area contributed by atoms with Gasteiger partial charge in [0.25, 0.3) is 5.56 Å². The summed E-state index contributed by atoms with van der Waals surface area (Å²) in [6.45, 7) is 4.13. The summed E-state index contributed by atoms with van der Waals surface area (Å²) < 4.78 is 5.34. The van der Waals surface area contributed by atoms with Crippen molar-refractivity contribution in [1.82, 2.24) is 24.8 Å². The number of hydrogen-bond donors (Lipinski definition) is 2. The average Bonchev–Trinajstić information content (AvgIpc) is 3.31. The number of furan rings is 1. The number of nitrogens with zero attached hydrogens (tertiary/aromatic N) is 3. The summed E-state index contributed by atoms with van der Waals surface area (Å²) >= 11 is 6.29. The summed E-state index contributed by atoms with van der Waals surface area (Å²) in [4.78, 5) is 29.9. The van der Waals surface area contributed by atoms with Crippen molar-refractivity contribution in [2.45, 2.75) is 45.7 Å². The molecule has 27 heavy (non-hydrogen) atoms. The minimum absolute atomic E-state index is 0.115. The number of rotatable bonds is 6. The smallest absolute Gasteiger partial charge is 0.256 e. The lowest BCUT2D eigenvalue weighted by molar-refractivity contribution is 0.239. The molecule has 0 atom stereocenters. The zero-order valence-electron chi connectivity index (χ0n) is 15.2. The van der Waals surface area contributed by atoms with Crippen molar-refractivity contribution < 1.29 is 4.42 Å². The zero-order chi connectivity index (χ0) is 18.8. The van der Waals surface area contributed by atoms with Gasteiger partial charge >= 0.3 is 0 Å². The van der Waals surface area contributed by atoms with Crippen LogP contribution in [0.1, 0.15) is 42.5 Å². The highest BCUT2D eigenvalue weighted by Crippen LogP contribution is 2.22. The molecule has 0 bridgehead atoms. The van der Waals surface area contributed by atoms with Crippen LogP contribution in [-0.2, 0) is 25.9 Å². The Morgan fingerprint density at radius 1 is 1.33 bits per heavy atom. The molecule has 0 saturated carbocycles. The van der Waals surface area contributed by atoms with E-state index in [1.807, 2.05) is 0 Å². The van der Waals surface area contributed by atoms with Crippen LogP contribution in [0.2, 0.25) is 5.15 Å². The molecule has 2 N–H and O–H groups in total. The Labute approximate surface area is 161 Å². The van der Waals surface area contributed by atoms with Gasteiger partial charge in [0.05, 0.1) is 23.2 Å². The molecule has 7 nitrogen and oxygen atoms in total. The molecule has 1 aliphatic rings. The summed E-state index contributed by atoms with van der Waals surface area (Å²) in [5.41, 5.74) is 2.33. The first-order valence-electron chi connectivity index (χ1n) is 9.25. The van der Waals surface area contributed by atoms with Crippen LogP contribution >= 0.6 is 11.6 Å². The Balaban J connectivity index is 1.50. The van der Waals surface area contributed by atoms with E-state index in [-0.39, 0.29) is 5.56 Å². The molecule has 3 aromatic rings. The number of hydrogen-bond acceptors (Lipinski definition) is 5. The molecule has 0 fully saturated rings. The molecule has 4 heterocycles. The van der Waals surface area contributed by atoms with Gasteiger partial charge in [-0.05, 0) is 18.6 Å². The lowest BCUT2D eigenvalue weighted by Crippen LogP contribution is -2.35. The topological polar surface area (TPSA) is 90.8 Å². The van der Waals surface area contributed by atoms with Crippen LogP contribution in [0, 0.1) is 0 Å². The van der Waals surface area contributed by atoms with Crippen molar-refractivity contribution in [3.63, 3.8) is 0 Å². The standard InChI is InChI=1S/C19H22ClN5O2/c1-2-3-6-16-21-14(17(20)23-16)11-25-8-7-13-12(10-25)19(26)24-18(22-13)15-5-4-9-27-15/h4-5,9H,2-3,6-8,10-11H2,1H3,(H,21,23)(H,22,24,26). The van der Waals surface area contributed by atoms with Crippen molar-refractivity contribution in [2.75, 3.05) is 6.54 Å². The lowest BCUT2D eigenvalue weighted by atomic mass is 10.1. The SMILES string of the molecule is CCCCc1nc(Cl)c(CN2CCc3nc(-c4ccco4)[nH]c(=O)c3C2)[nH]1. The second kappa shape index (κ2) is 7.70. The van der Waals surface area contributed by atoms with Gasteiger partial charge in [0.15, 0.2) is 16.7 Å². The fourth-order valence-corrected chi connectivity index (χ4v) is 3.59. The van der Waals surface area contributed by atoms with Gasteiger partial charge in [-0.2, -0.15) is 0 Å². The average molecular weight is 388 g/mol. The Kier molecular flexibility index (Phi) is 5.13. The maximum atomic E-state index is 12.6. The van der Waals surface area contributed by atoms with E-state index in [0.29, 0.717) is 41.8 Å². The molecule has 0 amide bonds. The van der Waals surface area contributed by atoms with Gasteiger partial charge in [-0.15, -0.1) is 0 Å². The minimum Gasteiger partial charge on any atom is -0.461 e. The van der Waals surface area contributed by atoms with Crippen molar-refractivity contribution in [3.05, 3.63) is 56.7 Å². The Morgan fingerprint density at radius 3 is 3.00 bits per heavy atom. The molecule has 8 heteroatoms. The maximum Gasteiger partial charge on any atom is 0.256 e. The Hall–Kier alpha value is -2.38. The number of unbranched alkanes of at least 4 members (excludes halogenated alkanes) is 1. The third-order valence-corrected chi connectivity index (χ3v) is 5.14. The van der Waals surface area contributed by atoms with Crippen molar-refractivity contribution in [1.29, 1.82) is 0 Å². The van der Waals surface area contributed by atoms with E-state index in [1.54, 1.807) is 18.4 Å². The molecule has 4 rings (SSSR count). The molecule has 0 spiro atoms. The van der Waals surface area contributed by atoms with E-state index in [0.717, 1.165) is 43.0 Å². The highest BCUT2D eigenvalue weighted by Gasteiger charge is 2.23. The molecule has 0 unspecified atom stereocenters. The van der Waals surface area contributed by atoms with E-state index in [1.165, 1.54) is 0 Å². The summed E-state index contributed by atoms with van der Waals surface area (Å²) in [5.74, 6) is 1.98. The molecular weight excluding hydrogens is 366 g/mol. The predicted octanol–water partition coefficient (Wildman–Crippen LogP) is 3.31. The van der Waals surface area contributed by atoms with Crippen LogP contribution < -0.4 is 5.56 Å². The number of halogens is 1. The fraction of sp³-hybridized carbons (Fsp3) is 0.421. The first-order valence-corrected chi connectivity index (χ1v) is 9.63. The number of imidazole rings is 1. The van der Waals surface area contributed by atoms with Crippen molar-refractivity contribution in [3.8, 4) is 11.6 Å². The van der Waals surface area contributed by atoms with E-state index >= 15 is 0 Å². The van der Waals surface area contributed by atoms with Crippen LogP contribution in [0.5, 0.6) is 0 Å². The largest absolute Gasteiger partial charge is 0.461 e. The Bertz CT molecular complexity index is 977. The van der Waals surface area contributed by atoms with E-state index in [4.69, 9.17) is 16.0 Å². The van der Waals surface area contributed by atoms with E-state index in [2.05, 4.69) is 31.8 Å². The number of H-pyrrole nitrogens is 2. The Morgan fingerprint density at radius 2 is 2.22 bits per heavy atom. The van der Waals surface area contributed by atoms with Crippen molar-refractivity contribution >= 4 is 11.6 Å². The van der Waals surface area contributed by atoms with Gasteiger partial charge in [0.1, 0.15) is 5.82 Å². The third-order valence-electron chi connectivity index (χ3n) is 4.83. The normalized spacial score (nSPS) is 14.4. The first-order chi connectivity index (χ1) is 13.1. The van der Waals surface area contributed by atoms with E-state index in [9.17, 15) is 4.79 Å². The third kappa shape index (κ3) is 3.84. The monoisotopic (exact) mass is 387 g/mol. The second-order valence-corrected chi connectivity index (χ2v) is 7.19. The van der Waals surface area contributed by atoms with Gasteiger partial charge in [0.2, 0.25) is 0 Å². The predicted molar refractivity (Wildman–Crippen MR) is 103 cm³/mol. The number of aryl methyl sites for hydroxylation is 1. The number of aromatic amines is 2. The van der Waals surface area contributed by atoms with Gasteiger partial charge in [0, 0.05) is 32.5 Å². The van der Waals surface area contributed by atoms with Crippen LogP contribution in [0.15, 0.2) is 27.6 Å². The number of fused-ring (bicyclic) bond motifs is 1. The van der Waals surface area contributed by atoms with Gasteiger partial charge < -0.3 is 14.4 Å². The maximum absolute atomic E-state index is 12.6. The number of nitrogens with one attached hydrogen (secondary N) is 2. The summed E-state index contributed by atoms with van der Waals surface area (Å²) in [7, 11) is 0. The molecule has 3 aromatic heterocycles. The molecule has 142 valence electrons. The summed E-state index contributed by atoms with van der Waals surface area (Å²) in [6, 6.07) is 3.57. The molecule has 0 radical (unpaired) electrons. The molecule has 1 aliphatic heterocycles. The van der Waals surface area contributed by atoms with Crippen molar-refractivity contribution in [2.24, 2.45) is 0 Å². The van der Waals surface area contributed by atoms with Gasteiger partial charge in [-0.25, -0.2) is 9.97 Å².